The minimum atomic E-state index is 0.856. The van der Waals surface area contributed by atoms with E-state index in [9.17, 15) is 0 Å². The van der Waals surface area contributed by atoms with Gasteiger partial charge in [-0.05, 0) is 30.1 Å². The zero-order chi connectivity index (χ0) is 8.10. The molecule has 3 heteroatoms. The predicted octanol–water partition coefficient (Wildman–Crippen LogP) is 1.57. The number of hydrogen-bond donors (Lipinski definition) is 1. The number of nitrogens with zero attached hydrogens (tertiary/aromatic N) is 1. The average Bonchev–Trinajstić information content (AvgIpc) is 2.03. The molecule has 0 aromatic carbocycles. The lowest BCUT2D eigenvalue weighted by Gasteiger charge is -2.01. The molecule has 11 heavy (non-hydrogen) atoms. The van der Waals surface area contributed by atoms with Gasteiger partial charge >= 0.3 is 0 Å². The summed E-state index contributed by atoms with van der Waals surface area (Å²) in [5.41, 5.74) is 7.72. The van der Waals surface area contributed by atoms with Crippen LogP contribution in [0.5, 0.6) is 0 Å². The first-order valence-corrected chi connectivity index (χ1v) is 4.91. The number of nitrogen functional groups attached to an aromatic ring is 1. The third-order valence-corrected chi connectivity index (χ3v) is 2.13. The molecule has 1 heterocycles. The maximum atomic E-state index is 5.71. The second-order valence-corrected chi connectivity index (χ2v) is 3.30. The van der Waals surface area contributed by atoms with Crippen LogP contribution in [0.2, 0.25) is 0 Å². The van der Waals surface area contributed by atoms with Crippen LogP contribution >= 0.6 is 11.8 Å². The number of pyridine rings is 1. The SMILES string of the molecule is CSCCc1cnccc1N. The van der Waals surface area contributed by atoms with Crippen molar-refractivity contribution in [3.63, 3.8) is 0 Å². The standard InChI is InChI=1S/C8H12N2S/c1-11-5-3-7-6-10-4-2-8(7)9/h2,4,6H,3,5H2,1H3,(H2,9,10). The van der Waals surface area contributed by atoms with Gasteiger partial charge in [-0.3, -0.25) is 4.98 Å². The zero-order valence-corrected chi connectivity index (χ0v) is 7.40. The maximum Gasteiger partial charge on any atom is 0.0377 e. The maximum absolute atomic E-state index is 5.71. The lowest BCUT2D eigenvalue weighted by molar-refractivity contribution is 1.12. The second kappa shape index (κ2) is 4.23. The smallest absolute Gasteiger partial charge is 0.0377 e. The molecule has 0 saturated heterocycles. The summed E-state index contributed by atoms with van der Waals surface area (Å²) >= 11 is 1.82. The third-order valence-electron chi connectivity index (χ3n) is 1.52. The molecule has 1 aromatic heterocycles. The van der Waals surface area contributed by atoms with Gasteiger partial charge in [-0.2, -0.15) is 11.8 Å². The van der Waals surface area contributed by atoms with Gasteiger partial charge in [-0.25, -0.2) is 0 Å². The van der Waals surface area contributed by atoms with Gasteiger partial charge in [-0.1, -0.05) is 0 Å². The molecule has 0 aliphatic heterocycles. The summed E-state index contributed by atoms with van der Waals surface area (Å²) in [6, 6.07) is 1.84. The minimum absolute atomic E-state index is 0.856. The molecule has 0 saturated carbocycles. The summed E-state index contributed by atoms with van der Waals surface area (Å²) in [5.74, 6) is 1.11. The fourth-order valence-electron chi connectivity index (χ4n) is 0.859. The van der Waals surface area contributed by atoms with Gasteiger partial charge in [-0.15, -0.1) is 0 Å². The molecule has 0 bridgehead atoms. The first-order valence-electron chi connectivity index (χ1n) is 3.52. The van der Waals surface area contributed by atoms with Crippen molar-refractivity contribution < 1.29 is 0 Å². The van der Waals surface area contributed by atoms with Crippen molar-refractivity contribution >= 4 is 17.4 Å². The molecular weight excluding hydrogens is 156 g/mol. The Balaban J connectivity index is 2.62. The molecule has 0 aliphatic carbocycles. The van der Waals surface area contributed by atoms with Gasteiger partial charge in [0.15, 0.2) is 0 Å². The Morgan fingerprint density at radius 1 is 1.64 bits per heavy atom. The Labute approximate surface area is 71.2 Å². The van der Waals surface area contributed by atoms with Gasteiger partial charge in [0.2, 0.25) is 0 Å². The van der Waals surface area contributed by atoms with Crippen LogP contribution in [0.15, 0.2) is 18.5 Å². The molecule has 0 amide bonds. The molecule has 0 atom stereocenters. The molecular formula is C8H12N2S. The number of anilines is 1. The molecule has 0 aliphatic rings. The number of nitrogens with two attached hydrogens (primary N) is 1. The Morgan fingerprint density at radius 3 is 3.09 bits per heavy atom. The van der Waals surface area contributed by atoms with E-state index in [-0.39, 0.29) is 0 Å². The van der Waals surface area contributed by atoms with Gasteiger partial charge in [0, 0.05) is 18.1 Å². The van der Waals surface area contributed by atoms with Crippen LogP contribution in [0.3, 0.4) is 0 Å². The van der Waals surface area contributed by atoms with Crippen molar-refractivity contribution in [2.45, 2.75) is 6.42 Å². The molecule has 60 valence electrons. The summed E-state index contributed by atoms with van der Waals surface area (Å²) < 4.78 is 0. The van der Waals surface area contributed by atoms with E-state index in [1.165, 1.54) is 0 Å². The topological polar surface area (TPSA) is 38.9 Å². The van der Waals surface area contributed by atoms with E-state index in [0.29, 0.717) is 0 Å². The number of thioether (sulfide) groups is 1. The van der Waals surface area contributed by atoms with Gasteiger partial charge < -0.3 is 5.73 Å². The molecule has 2 N–H and O–H groups in total. The van der Waals surface area contributed by atoms with Crippen molar-refractivity contribution in [2.24, 2.45) is 0 Å². The van der Waals surface area contributed by atoms with Crippen LogP contribution in [-0.2, 0) is 6.42 Å². The fourth-order valence-corrected chi connectivity index (χ4v) is 1.28. The summed E-state index contributed by atoms with van der Waals surface area (Å²) in [4.78, 5) is 4.01. The van der Waals surface area contributed by atoms with Crippen molar-refractivity contribution in [3.8, 4) is 0 Å². The van der Waals surface area contributed by atoms with Crippen LogP contribution in [0.25, 0.3) is 0 Å². The monoisotopic (exact) mass is 168 g/mol. The Morgan fingerprint density at radius 2 is 2.45 bits per heavy atom. The highest BCUT2D eigenvalue weighted by molar-refractivity contribution is 7.98. The molecule has 0 spiro atoms. The summed E-state index contributed by atoms with van der Waals surface area (Å²) in [6.07, 6.45) is 6.66. The second-order valence-electron chi connectivity index (χ2n) is 2.32. The molecule has 1 rings (SSSR count). The van der Waals surface area contributed by atoms with Crippen molar-refractivity contribution in [1.29, 1.82) is 0 Å². The number of aryl methyl sites for hydroxylation is 1. The largest absolute Gasteiger partial charge is 0.398 e. The molecule has 1 aromatic rings. The van der Waals surface area contributed by atoms with E-state index in [2.05, 4.69) is 11.2 Å². The Hall–Kier alpha value is -0.700. The first kappa shape index (κ1) is 8.40. The summed E-state index contributed by atoms with van der Waals surface area (Å²) in [6.45, 7) is 0. The molecule has 0 unspecified atom stereocenters. The highest BCUT2D eigenvalue weighted by atomic mass is 32.2. The van der Waals surface area contributed by atoms with Crippen molar-refractivity contribution in [1.82, 2.24) is 4.98 Å². The molecule has 0 fully saturated rings. The van der Waals surface area contributed by atoms with Crippen LogP contribution < -0.4 is 5.73 Å². The molecule has 2 nitrogen and oxygen atoms in total. The van der Waals surface area contributed by atoms with Crippen LogP contribution in [0.1, 0.15) is 5.56 Å². The van der Waals surface area contributed by atoms with E-state index in [1.54, 1.807) is 6.20 Å². The number of rotatable bonds is 3. The van der Waals surface area contributed by atoms with E-state index < -0.39 is 0 Å². The highest BCUT2D eigenvalue weighted by Crippen LogP contribution is 2.10. The third kappa shape index (κ3) is 2.42. The summed E-state index contributed by atoms with van der Waals surface area (Å²) in [7, 11) is 0. The zero-order valence-electron chi connectivity index (χ0n) is 6.58. The van der Waals surface area contributed by atoms with Crippen LogP contribution in [0, 0.1) is 0 Å². The predicted molar refractivity (Wildman–Crippen MR) is 50.7 cm³/mol. The lowest BCUT2D eigenvalue weighted by atomic mass is 10.2. The fraction of sp³-hybridized carbons (Fsp3) is 0.375. The summed E-state index contributed by atoms with van der Waals surface area (Å²) in [5, 5.41) is 0. The molecule has 0 radical (unpaired) electrons. The van der Waals surface area contributed by atoms with Crippen molar-refractivity contribution in [3.05, 3.63) is 24.0 Å². The van der Waals surface area contributed by atoms with Crippen LogP contribution in [-0.4, -0.2) is 17.0 Å². The van der Waals surface area contributed by atoms with Gasteiger partial charge in [0.1, 0.15) is 0 Å². The van der Waals surface area contributed by atoms with Gasteiger partial charge in [0.25, 0.3) is 0 Å². The quantitative estimate of drug-likeness (QED) is 0.744. The van der Waals surface area contributed by atoms with Crippen molar-refractivity contribution in [2.75, 3.05) is 17.7 Å². The van der Waals surface area contributed by atoms with E-state index >= 15 is 0 Å². The average molecular weight is 168 g/mol. The highest BCUT2D eigenvalue weighted by Gasteiger charge is 1.96. The van der Waals surface area contributed by atoms with Gasteiger partial charge in [0.05, 0.1) is 0 Å². The number of aromatic nitrogens is 1. The van der Waals surface area contributed by atoms with E-state index in [4.69, 9.17) is 5.73 Å². The Bertz CT molecular complexity index is 225. The Kier molecular flexibility index (Phi) is 3.23. The first-order chi connectivity index (χ1) is 5.34. The lowest BCUT2D eigenvalue weighted by Crippen LogP contribution is -1.96. The number of hydrogen-bond acceptors (Lipinski definition) is 3. The van der Waals surface area contributed by atoms with E-state index in [1.807, 2.05) is 24.0 Å². The normalized spacial score (nSPS) is 9.91. The van der Waals surface area contributed by atoms with E-state index in [0.717, 1.165) is 23.4 Å². The minimum Gasteiger partial charge on any atom is -0.398 e. The van der Waals surface area contributed by atoms with Crippen LogP contribution in [0.4, 0.5) is 5.69 Å².